The molecular weight excluding hydrogens is 304 g/mol. The molecule has 0 N–H and O–H groups in total. The molecule has 3 rings (SSSR count). The van der Waals surface area contributed by atoms with E-state index in [0.717, 1.165) is 55.8 Å². The highest BCUT2D eigenvalue weighted by molar-refractivity contribution is 6.00. The van der Waals surface area contributed by atoms with Crippen molar-refractivity contribution in [2.75, 3.05) is 36.0 Å². The fourth-order valence-electron chi connectivity index (χ4n) is 3.54. The number of carbonyl (C=O) groups is 1. The van der Waals surface area contributed by atoms with Gasteiger partial charge in [-0.25, -0.2) is 4.79 Å². The predicted molar refractivity (Wildman–Crippen MR) is 97.5 cm³/mol. The fourth-order valence-corrected chi connectivity index (χ4v) is 3.54. The monoisotopic (exact) mass is 328 g/mol. The van der Waals surface area contributed by atoms with Gasteiger partial charge in [-0.3, -0.25) is 4.79 Å². The van der Waals surface area contributed by atoms with Gasteiger partial charge in [0.15, 0.2) is 6.29 Å². The van der Waals surface area contributed by atoms with Gasteiger partial charge in [0.2, 0.25) is 0 Å². The van der Waals surface area contributed by atoms with E-state index in [1.165, 1.54) is 6.42 Å². The van der Waals surface area contributed by atoms with E-state index in [-0.39, 0.29) is 5.56 Å². The number of hydrogen-bond donors (Lipinski definition) is 0. The fraction of sp³-hybridized carbons (Fsp3) is 0.474. The number of hydrogen-bond acceptors (Lipinski definition) is 5. The minimum Gasteiger partial charge on any atom is -0.422 e. The standard InChI is InChI=1S/C19H24N2O3/c1-3-20(4-2)14-8-9-15-17(12-14)24-19(23)16(13-22)18(15)21-10-6-5-7-11-21/h8-9,12-13H,3-7,10-11H2,1-2H3. The zero-order chi connectivity index (χ0) is 17.1. The Balaban J connectivity index is 2.20. The second-order valence-electron chi connectivity index (χ2n) is 6.17. The quantitative estimate of drug-likeness (QED) is 0.621. The summed E-state index contributed by atoms with van der Waals surface area (Å²) in [6.45, 7) is 7.71. The first-order valence-electron chi connectivity index (χ1n) is 8.75. The number of rotatable bonds is 5. The van der Waals surface area contributed by atoms with Crippen LogP contribution in [0.3, 0.4) is 0 Å². The lowest BCUT2D eigenvalue weighted by molar-refractivity contribution is 0.112. The second-order valence-corrected chi connectivity index (χ2v) is 6.17. The SMILES string of the molecule is CCN(CC)c1ccc2c(N3CCCCC3)c(C=O)c(=O)oc2c1. The first-order chi connectivity index (χ1) is 11.7. The lowest BCUT2D eigenvalue weighted by Gasteiger charge is -2.30. The predicted octanol–water partition coefficient (Wildman–Crippen LogP) is 3.44. The van der Waals surface area contributed by atoms with Gasteiger partial charge < -0.3 is 14.2 Å². The van der Waals surface area contributed by atoms with Gasteiger partial charge >= 0.3 is 5.63 Å². The molecule has 1 aliphatic heterocycles. The minimum atomic E-state index is -0.547. The largest absolute Gasteiger partial charge is 0.422 e. The summed E-state index contributed by atoms with van der Waals surface area (Å²) in [6.07, 6.45) is 3.99. The van der Waals surface area contributed by atoms with Crippen molar-refractivity contribution in [3.8, 4) is 0 Å². The molecule has 0 amide bonds. The van der Waals surface area contributed by atoms with Gasteiger partial charge in [-0.05, 0) is 45.2 Å². The van der Waals surface area contributed by atoms with Crippen LogP contribution in [-0.4, -0.2) is 32.5 Å². The third kappa shape index (κ3) is 2.90. The highest BCUT2D eigenvalue weighted by Crippen LogP contribution is 2.32. The van der Waals surface area contributed by atoms with Gasteiger partial charge in [-0.2, -0.15) is 0 Å². The molecule has 0 spiro atoms. The lowest BCUT2D eigenvalue weighted by atomic mass is 10.0. The van der Waals surface area contributed by atoms with Crippen molar-refractivity contribution < 1.29 is 9.21 Å². The molecule has 0 radical (unpaired) electrons. The first kappa shape index (κ1) is 16.6. The van der Waals surface area contributed by atoms with Crippen LogP contribution in [-0.2, 0) is 0 Å². The summed E-state index contributed by atoms with van der Waals surface area (Å²) in [7, 11) is 0. The Kier molecular flexibility index (Phi) is 4.88. The summed E-state index contributed by atoms with van der Waals surface area (Å²) in [6, 6.07) is 5.92. The van der Waals surface area contributed by atoms with E-state index in [1.54, 1.807) is 0 Å². The van der Waals surface area contributed by atoms with Crippen LogP contribution in [0.5, 0.6) is 0 Å². The van der Waals surface area contributed by atoms with Crippen LogP contribution < -0.4 is 15.4 Å². The van der Waals surface area contributed by atoms with Crippen molar-refractivity contribution in [3.05, 3.63) is 34.2 Å². The van der Waals surface area contributed by atoms with E-state index >= 15 is 0 Å². The third-order valence-corrected chi connectivity index (χ3v) is 4.82. The maximum atomic E-state index is 12.3. The van der Waals surface area contributed by atoms with Crippen molar-refractivity contribution in [2.45, 2.75) is 33.1 Å². The second kappa shape index (κ2) is 7.07. The molecule has 0 saturated carbocycles. The Morgan fingerprint density at radius 3 is 2.50 bits per heavy atom. The van der Waals surface area contributed by atoms with Crippen LogP contribution in [0, 0.1) is 0 Å². The Labute approximate surface area is 141 Å². The summed E-state index contributed by atoms with van der Waals surface area (Å²) in [4.78, 5) is 28.2. The smallest absolute Gasteiger partial charge is 0.349 e. The van der Waals surface area contributed by atoms with Gasteiger partial charge in [0.1, 0.15) is 11.1 Å². The number of benzene rings is 1. The summed E-state index contributed by atoms with van der Waals surface area (Å²) in [5.74, 6) is 0. The maximum Gasteiger partial charge on any atom is 0.349 e. The summed E-state index contributed by atoms with van der Waals surface area (Å²) >= 11 is 0. The van der Waals surface area contributed by atoms with Crippen molar-refractivity contribution in [1.29, 1.82) is 0 Å². The highest BCUT2D eigenvalue weighted by atomic mass is 16.4. The molecule has 5 heteroatoms. The molecular formula is C19H24N2O3. The molecule has 5 nitrogen and oxygen atoms in total. The number of piperidine rings is 1. The third-order valence-electron chi connectivity index (χ3n) is 4.82. The van der Waals surface area contributed by atoms with E-state index < -0.39 is 5.63 Å². The molecule has 1 fully saturated rings. The zero-order valence-corrected chi connectivity index (χ0v) is 14.4. The Hall–Kier alpha value is -2.30. The average Bonchev–Trinajstić information content (AvgIpc) is 2.62. The summed E-state index contributed by atoms with van der Waals surface area (Å²) in [5, 5.41) is 0.842. The molecule has 2 aromatic rings. The molecule has 24 heavy (non-hydrogen) atoms. The first-order valence-corrected chi connectivity index (χ1v) is 8.75. The molecule has 128 valence electrons. The maximum absolute atomic E-state index is 12.3. The Bertz CT molecular complexity index is 787. The van der Waals surface area contributed by atoms with Crippen molar-refractivity contribution in [2.24, 2.45) is 0 Å². The van der Waals surface area contributed by atoms with Crippen LogP contribution >= 0.6 is 0 Å². The average molecular weight is 328 g/mol. The topological polar surface area (TPSA) is 53.8 Å². The van der Waals surface area contributed by atoms with E-state index in [2.05, 4.69) is 23.6 Å². The van der Waals surface area contributed by atoms with E-state index in [9.17, 15) is 9.59 Å². The highest BCUT2D eigenvalue weighted by Gasteiger charge is 2.21. The minimum absolute atomic E-state index is 0.139. The molecule has 1 aromatic heterocycles. The number of carbonyl (C=O) groups excluding carboxylic acids is 1. The number of nitrogens with zero attached hydrogens (tertiary/aromatic N) is 2. The van der Waals surface area contributed by atoms with Crippen LogP contribution in [0.1, 0.15) is 43.5 Å². The molecule has 0 atom stereocenters. The van der Waals surface area contributed by atoms with Crippen LogP contribution in [0.4, 0.5) is 11.4 Å². The van der Waals surface area contributed by atoms with Gasteiger partial charge in [-0.15, -0.1) is 0 Å². The Morgan fingerprint density at radius 1 is 1.17 bits per heavy atom. The van der Waals surface area contributed by atoms with Crippen molar-refractivity contribution in [1.82, 2.24) is 0 Å². The van der Waals surface area contributed by atoms with E-state index in [1.807, 2.05) is 18.2 Å². The molecule has 0 bridgehead atoms. The number of anilines is 2. The van der Waals surface area contributed by atoms with Crippen LogP contribution in [0.2, 0.25) is 0 Å². The molecule has 1 aromatic carbocycles. The molecule has 2 heterocycles. The molecule has 0 aliphatic carbocycles. The van der Waals surface area contributed by atoms with Crippen LogP contribution in [0.15, 0.2) is 27.4 Å². The number of aldehydes is 1. The lowest BCUT2D eigenvalue weighted by Crippen LogP contribution is -2.32. The van der Waals surface area contributed by atoms with Crippen LogP contribution in [0.25, 0.3) is 11.0 Å². The summed E-state index contributed by atoms with van der Waals surface area (Å²) in [5.41, 5.74) is 1.91. The van der Waals surface area contributed by atoms with Gasteiger partial charge in [0.25, 0.3) is 0 Å². The van der Waals surface area contributed by atoms with Gasteiger partial charge in [0, 0.05) is 43.3 Å². The van der Waals surface area contributed by atoms with Gasteiger partial charge in [-0.1, -0.05) is 0 Å². The molecule has 1 saturated heterocycles. The van der Waals surface area contributed by atoms with E-state index in [4.69, 9.17) is 4.42 Å². The number of fused-ring (bicyclic) bond motifs is 1. The normalized spacial score (nSPS) is 14.8. The van der Waals surface area contributed by atoms with Crippen molar-refractivity contribution >= 4 is 28.6 Å². The molecule has 0 unspecified atom stereocenters. The van der Waals surface area contributed by atoms with E-state index in [0.29, 0.717) is 11.9 Å². The van der Waals surface area contributed by atoms with Crippen molar-refractivity contribution in [3.63, 3.8) is 0 Å². The Morgan fingerprint density at radius 2 is 1.88 bits per heavy atom. The molecule has 1 aliphatic rings. The van der Waals surface area contributed by atoms with Gasteiger partial charge in [0.05, 0.1) is 5.69 Å². The summed E-state index contributed by atoms with van der Waals surface area (Å²) < 4.78 is 5.45. The zero-order valence-electron chi connectivity index (χ0n) is 14.4.